The number of piperidine rings is 1. The van der Waals surface area contributed by atoms with Gasteiger partial charge in [0.15, 0.2) is 0 Å². The molecular formula is C23H41NO3S. The fourth-order valence-corrected chi connectivity index (χ4v) is 9.59. The van der Waals surface area contributed by atoms with Gasteiger partial charge in [-0.05, 0) is 72.5 Å². The van der Waals surface area contributed by atoms with Crippen molar-refractivity contribution in [1.29, 1.82) is 0 Å². The van der Waals surface area contributed by atoms with E-state index in [2.05, 4.69) is 27.7 Å². The molecule has 1 aliphatic heterocycles. The van der Waals surface area contributed by atoms with Gasteiger partial charge in [-0.1, -0.05) is 34.1 Å². The van der Waals surface area contributed by atoms with Gasteiger partial charge in [0.25, 0.3) is 0 Å². The summed E-state index contributed by atoms with van der Waals surface area (Å²) < 4.78 is 33.1. The van der Waals surface area contributed by atoms with Crippen molar-refractivity contribution in [3.05, 3.63) is 0 Å². The van der Waals surface area contributed by atoms with Gasteiger partial charge in [0.1, 0.15) is 10.1 Å². The van der Waals surface area contributed by atoms with Crippen LogP contribution in [0.4, 0.5) is 0 Å². The molecule has 4 rings (SSSR count). The summed E-state index contributed by atoms with van der Waals surface area (Å²) in [6.45, 7) is 12.9. The summed E-state index contributed by atoms with van der Waals surface area (Å²) in [5, 5.41) is 0. The SMILES string of the molecule is CC1(C)CCC[C@@]2(C)[C@@H]1CC[C@@]1(C)C3CC[NH+](CCS(=O)(=O)[O-])CC3CC[C@@H]21. The molecule has 4 aliphatic rings. The van der Waals surface area contributed by atoms with E-state index in [9.17, 15) is 13.0 Å². The highest BCUT2D eigenvalue weighted by molar-refractivity contribution is 7.85. The number of fused-ring (bicyclic) bond motifs is 5. The molecule has 0 bridgehead atoms. The van der Waals surface area contributed by atoms with Crippen molar-refractivity contribution in [3.63, 3.8) is 0 Å². The topological polar surface area (TPSA) is 61.6 Å². The molecular weight excluding hydrogens is 370 g/mol. The summed E-state index contributed by atoms with van der Waals surface area (Å²) in [6.07, 6.45) is 10.9. The summed E-state index contributed by atoms with van der Waals surface area (Å²) in [5.41, 5.74) is 1.45. The number of hydrogen-bond acceptors (Lipinski definition) is 3. The van der Waals surface area contributed by atoms with E-state index in [1.54, 1.807) is 0 Å². The maximum atomic E-state index is 11.0. The zero-order chi connectivity index (χ0) is 20.4. The highest BCUT2D eigenvalue weighted by Gasteiger charge is 2.62. The lowest BCUT2D eigenvalue weighted by atomic mass is 9.38. The van der Waals surface area contributed by atoms with Crippen molar-refractivity contribution >= 4 is 10.1 Å². The molecule has 5 heteroatoms. The third-order valence-corrected chi connectivity index (χ3v) is 10.9. The fourth-order valence-electron chi connectivity index (χ4n) is 9.05. The minimum atomic E-state index is -4.09. The molecule has 162 valence electrons. The lowest BCUT2D eigenvalue weighted by Gasteiger charge is -2.67. The normalized spacial score (nSPS) is 48.2. The molecule has 4 fully saturated rings. The predicted octanol–water partition coefficient (Wildman–Crippen LogP) is 3.10. The second-order valence-corrected chi connectivity index (χ2v) is 13.5. The summed E-state index contributed by atoms with van der Waals surface area (Å²) in [4.78, 5) is 1.35. The molecule has 3 saturated carbocycles. The van der Waals surface area contributed by atoms with Crippen molar-refractivity contribution in [2.75, 3.05) is 25.4 Å². The average molecular weight is 412 g/mol. The van der Waals surface area contributed by atoms with Crippen LogP contribution in [0.1, 0.15) is 79.1 Å². The minimum Gasteiger partial charge on any atom is -0.748 e. The molecule has 3 unspecified atom stereocenters. The lowest BCUT2D eigenvalue weighted by molar-refractivity contribution is -0.908. The molecule has 1 heterocycles. The van der Waals surface area contributed by atoms with Crippen molar-refractivity contribution in [2.24, 2.45) is 39.9 Å². The van der Waals surface area contributed by atoms with E-state index < -0.39 is 10.1 Å². The fraction of sp³-hybridized carbons (Fsp3) is 1.00. The molecule has 28 heavy (non-hydrogen) atoms. The third-order valence-electron chi connectivity index (χ3n) is 10.1. The summed E-state index contributed by atoms with van der Waals surface area (Å²) >= 11 is 0. The first-order chi connectivity index (χ1) is 13.0. The highest BCUT2D eigenvalue weighted by Crippen LogP contribution is 2.69. The van der Waals surface area contributed by atoms with Crippen LogP contribution in [0.15, 0.2) is 0 Å². The monoisotopic (exact) mass is 411 g/mol. The molecule has 0 aromatic heterocycles. The second-order valence-electron chi connectivity index (χ2n) is 11.9. The third kappa shape index (κ3) is 3.47. The number of nitrogens with one attached hydrogen (secondary N) is 1. The van der Waals surface area contributed by atoms with Crippen LogP contribution < -0.4 is 4.90 Å². The first kappa shape index (κ1) is 21.1. The van der Waals surface area contributed by atoms with Gasteiger partial charge >= 0.3 is 0 Å². The van der Waals surface area contributed by atoms with Crippen LogP contribution >= 0.6 is 0 Å². The van der Waals surface area contributed by atoms with Crippen LogP contribution in [0.3, 0.4) is 0 Å². The molecule has 7 atom stereocenters. The van der Waals surface area contributed by atoms with Crippen LogP contribution in [0.25, 0.3) is 0 Å². The van der Waals surface area contributed by atoms with Crippen LogP contribution in [-0.4, -0.2) is 38.4 Å². The largest absolute Gasteiger partial charge is 0.748 e. The van der Waals surface area contributed by atoms with Gasteiger partial charge < -0.3 is 9.45 Å². The van der Waals surface area contributed by atoms with Crippen molar-refractivity contribution in [1.82, 2.24) is 0 Å². The Balaban J connectivity index is 1.51. The quantitative estimate of drug-likeness (QED) is 0.726. The summed E-state index contributed by atoms with van der Waals surface area (Å²) in [7, 11) is -4.09. The van der Waals surface area contributed by atoms with E-state index in [4.69, 9.17) is 0 Å². The summed E-state index contributed by atoms with van der Waals surface area (Å²) in [5.74, 6) is 3.03. The first-order valence-electron chi connectivity index (χ1n) is 11.7. The van der Waals surface area contributed by atoms with Gasteiger partial charge in [0.2, 0.25) is 0 Å². The zero-order valence-electron chi connectivity index (χ0n) is 18.4. The number of rotatable bonds is 3. The van der Waals surface area contributed by atoms with E-state index in [-0.39, 0.29) is 5.75 Å². The van der Waals surface area contributed by atoms with E-state index in [0.717, 1.165) is 36.8 Å². The van der Waals surface area contributed by atoms with Crippen LogP contribution in [-0.2, 0) is 10.1 Å². The van der Waals surface area contributed by atoms with Crippen LogP contribution in [0.5, 0.6) is 0 Å². The van der Waals surface area contributed by atoms with Gasteiger partial charge in [-0.25, -0.2) is 8.42 Å². The average Bonchev–Trinajstić information content (AvgIpc) is 2.58. The van der Waals surface area contributed by atoms with Crippen LogP contribution in [0, 0.1) is 39.9 Å². The molecule has 1 N–H and O–H groups in total. The summed E-state index contributed by atoms with van der Waals surface area (Å²) in [6, 6.07) is 0. The van der Waals surface area contributed by atoms with E-state index in [0.29, 0.717) is 22.8 Å². The Morgan fingerprint density at radius 1 is 0.929 bits per heavy atom. The maximum absolute atomic E-state index is 11.0. The Kier molecular flexibility index (Phi) is 5.24. The van der Waals surface area contributed by atoms with E-state index in [1.807, 2.05) is 0 Å². The molecule has 0 amide bonds. The molecule has 1 saturated heterocycles. The van der Waals surface area contributed by atoms with Crippen molar-refractivity contribution in [2.45, 2.75) is 79.1 Å². The van der Waals surface area contributed by atoms with Gasteiger partial charge in [-0.3, -0.25) is 0 Å². The number of quaternary nitrogens is 1. The Bertz CT molecular complexity index is 705. The van der Waals surface area contributed by atoms with Crippen LogP contribution in [0.2, 0.25) is 0 Å². The predicted molar refractivity (Wildman–Crippen MR) is 111 cm³/mol. The Hall–Kier alpha value is -0.130. The number of hydrogen-bond donors (Lipinski definition) is 1. The van der Waals surface area contributed by atoms with Gasteiger partial charge in [-0.2, -0.15) is 0 Å². The lowest BCUT2D eigenvalue weighted by Crippen LogP contribution is -3.14. The molecule has 3 aliphatic carbocycles. The highest BCUT2D eigenvalue weighted by atomic mass is 32.2. The molecule has 0 aromatic carbocycles. The Morgan fingerprint density at radius 3 is 2.39 bits per heavy atom. The van der Waals surface area contributed by atoms with Crippen molar-refractivity contribution < 1.29 is 17.9 Å². The van der Waals surface area contributed by atoms with Gasteiger partial charge in [0.05, 0.1) is 25.4 Å². The van der Waals surface area contributed by atoms with Gasteiger partial charge in [0, 0.05) is 12.3 Å². The maximum Gasteiger partial charge on any atom is 0.100 e. The molecule has 0 aromatic rings. The second kappa shape index (κ2) is 6.95. The van der Waals surface area contributed by atoms with E-state index >= 15 is 0 Å². The van der Waals surface area contributed by atoms with Crippen molar-refractivity contribution in [3.8, 4) is 0 Å². The molecule has 4 nitrogen and oxygen atoms in total. The first-order valence-corrected chi connectivity index (χ1v) is 13.3. The molecule has 0 spiro atoms. The Labute approximate surface area is 172 Å². The Morgan fingerprint density at radius 2 is 1.68 bits per heavy atom. The van der Waals surface area contributed by atoms with Gasteiger partial charge in [-0.15, -0.1) is 0 Å². The molecule has 0 radical (unpaired) electrons. The smallest absolute Gasteiger partial charge is 0.100 e. The number of likely N-dealkylation sites (tertiary alicyclic amines) is 1. The minimum absolute atomic E-state index is 0.200. The zero-order valence-corrected chi connectivity index (χ0v) is 19.2. The standard InChI is InChI=1S/C23H41NO3S/c1-21(2)10-5-11-23(4)19(21)8-12-22(3)18-9-13-24(14-15-28(25,26)27)16-17(18)6-7-20(22)23/h17-20H,5-16H2,1-4H3,(H,25,26,27)/t17?,18?,19-,20-,22+,23+/m1/s1. The van der Waals surface area contributed by atoms with E-state index in [1.165, 1.54) is 56.3 Å².